The van der Waals surface area contributed by atoms with Crippen molar-refractivity contribution < 1.29 is 19.2 Å². The molecule has 0 saturated heterocycles. The molecule has 5 nitrogen and oxygen atoms in total. The zero-order valence-electron chi connectivity index (χ0n) is 7.08. The quantitative estimate of drug-likeness (QED) is 0.635. The van der Waals surface area contributed by atoms with E-state index < -0.39 is 21.9 Å². The van der Waals surface area contributed by atoms with Crippen LogP contribution < -0.4 is 5.14 Å². The first-order valence-corrected chi connectivity index (χ1v) is 4.88. The monoisotopic (exact) mass is 215 g/mol. The van der Waals surface area contributed by atoms with Crippen LogP contribution in [0.25, 0.3) is 0 Å². The van der Waals surface area contributed by atoms with Gasteiger partial charge in [0.1, 0.15) is 11.0 Å². The number of rotatable bonds is 3. The van der Waals surface area contributed by atoms with E-state index in [9.17, 15) is 14.1 Å². The van der Waals surface area contributed by atoms with Crippen molar-refractivity contribution in [3.8, 4) is 0 Å². The van der Waals surface area contributed by atoms with Crippen LogP contribution in [0.5, 0.6) is 0 Å². The van der Waals surface area contributed by atoms with E-state index in [1.807, 2.05) is 0 Å². The largest absolute Gasteiger partial charge is 0.478 e. The van der Waals surface area contributed by atoms with Gasteiger partial charge >= 0.3 is 5.97 Å². The molecule has 0 aliphatic rings. The van der Waals surface area contributed by atoms with Crippen molar-refractivity contribution in [1.82, 2.24) is 0 Å². The van der Waals surface area contributed by atoms with E-state index in [0.29, 0.717) is 0 Å². The van der Waals surface area contributed by atoms with Crippen LogP contribution in [0.2, 0.25) is 0 Å². The summed E-state index contributed by atoms with van der Waals surface area (Å²) in [5.74, 6) is -1.63. The van der Waals surface area contributed by atoms with E-state index >= 15 is 0 Å². The van der Waals surface area contributed by atoms with Crippen LogP contribution in [0.1, 0.15) is 5.56 Å². The molecule has 0 spiro atoms. The minimum absolute atomic E-state index is 0.00617. The Bertz CT molecular complexity index is 351. The predicted molar refractivity (Wildman–Crippen MR) is 50.3 cm³/mol. The number of hydrogen-bond acceptors (Lipinski definition) is 3. The molecule has 0 aliphatic carbocycles. The fourth-order valence-corrected chi connectivity index (χ4v) is 1.53. The number of carboxylic acid groups (broad SMARTS) is 1. The smallest absolute Gasteiger partial charge is 0.355 e. The summed E-state index contributed by atoms with van der Waals surface area (Å²) in [4.78, 5) is 8.20. The van der Waals surface area contributed by atoms with E-state index in [2.05, 4.69) is 0 Å². The van der Waals surface area contributed by atoms with Crippen LogP contribution >= 0.6 is 0 Å². The summed E-state index contributed by atoms with van der Waals surface area (Å²) in [6.07, 6.45) is 0. The van der Waals surface area contributed by atoms with Gasteiger partial charge < -0.3 is 10.2 Å². The molecule has 0 bridgehead atoms. The van der Waals surface area contributed by atoms with Gasteiger partial charge in [-0.25, -0.2) is 14.1 Å². The Labute approximate surface area is 82.8 Å². The normalized spacial score (nSPS) is 17.0. The first kappa shape index (κ1) is 10.8. The maximum Gasteiger partial charge on any atom is 0.355 e. The summed E-state index contributed by atoms with van der Waals surface area (Å²) in [7, 11) is -2.39. The summed E-state index contributed by atoms with van der Waals surface area (Å²) < 4.78 is 11.0. The van der Waals surface area contributed by atoms with Crippen LogP contribution in [0.4, 0.5) is 0 Å². The summed E-state index contributed by atoms with van der Waals surface area (Å²) in [5, 5.41) is 23.3. The summed E-state index contributed by atoms with van der Waals surface area (Å²) in [6.45, 7) is 0. The third-order valence-electron chi connectivity index (χ3n) is 1.75. The Morgan fingerprint density at radius 2 is 1.86 bits per heavy atom. The minimum atomic E-state index is -2.54. The number of carboxylic acids is 1. The molecule has 6 heteroatoms. The average Bonchev–Trinajstić information content (AvgIpc) is 2.17. The van der Waals surface area contributed by atoms with Crippen LogP contribution in [0, 0.1) is 0 Å². The molecule has 0 heterocycles. The van der Waals surface area contributed by atoms with Gasteiger partial charge in [0.2, 0.25) is 0 Å². The maximum absolute atomic E-state index is 11.0. The topological polar surface area (TPSA) is 101 Å². The van der Waals surface area contributed by atoms with Crippen molar-refractivity contribution >= 4 is 17.0 Å². The number of hydrogen-bond donors (Lipinski definition) is 3. The van der Waals surface area contributed by atoms with Gasteiger partial charge in [0.15, 0.2) is 0 Å². The van der Waals surface area contributed by atoms with E-state index in [-0.39, 0.29) is 5.56 Å². The van der Waals surface area contributed by atoms with E-state index in [1.54, 1.807) is 6.07 Å². The lowest BCUT2D eigenvalue weighted by Crippen LogP contribution is -2.43. The lowest BCUT2D eigenvalue weighted by atomic mass is 10.1. The molecule has 0 aliphatic heterocycles. The zero-order chi connectivity index (χ0) is 10.8. The molecular weight excluding hydrogens is 206 g/mol. The van der Waals surface area contributed by atoms with Gasteiger partial charge in [0.25, 0.3) is 4.93 Å². The molecule has 1 rings (SSSR count). The fourth-order valence-electron chi connectivity index (χ4n) is 0.990. The first-order valence-electron chi connectivity index (χ1n) is 3.67. The Morgan fingerprint density at radius 1 is 1.36 bits per heavy atom. The molecule has 1 aromatic rings. The highest BCUT2D eigenvalue weighted by molar-refractivity contribution is 7.84. The molecule has 0 amide bonds. The predicted octanol–water partition coefficient (Wildman–Crippen LogP) is -0.461. The van der Waals surface area contributed by atoms with Gasteiger partial charge in [-0.15, -0.1) is 0 Å². The van der Waals surface area contributed by atoms with Crippen LogP contribution in [0.3, 0.4) is 0 Å². The lowest BCUT2D eigenvalue weighted by Gasteiger charge is -2.19. The van der Waals surface area contributed by atoms with E-state index in [4.69, 9.17) is 10.2 Å². The van der Waals surface area contributed by atoms with Gasteiger partial charge in [0.05, 0.1) is 0 Å². The molecule has 2 unspecified atom stereocenters. The number of benzene rings is 1. The number of nitrogens with two attached hydrogens (primary N) is 1. The SMILES string of the molecule is NS(=O)C(O)(C(=O)O)c1ccccc1. The van der Waals surface area contributed by atoms with Gasteiger partial charge in [-0.1, -0.05) is 30.3 Å². The number of aliphatic carboxylic acids is 1. The molecular formula is C8H9NO4S. The molecule has 0 aromatic heterocycles. The second-order valence-electron chi connectivity index (χ2n) is 2.61. The maximum atomic E-state index is 11.0. The molecule has 76 valence electrons. The molecule has 0 radical (unpaired) electrons. The Hall–Kier alpha value is -1.24. The van der Waals surface area contributed by atoms with Crippen molar-refractivity contribution in [3.05, 3.63) is 35.9 Å². The second kappa shape index (κ2) is 3.87. The van der Waals surface area contributed by atoms with Gasteiger partial charge in [-0.2, -0.15) is 0 Å². The second-order valence-corrected chi connectivity index (χ2v) is 3.80. The summed E-state index contributed by atoms with van der Waals surface area (Å²) >= 11 is 0. The molecule has 14 heavy (non-hydrogen) atoms. The van der Waals surface area contributed by atoms with Crippen molar-refractivity contribution in [2.45, 2.75) is 4.93 Å². The highest BCUT2D eigenvalue weighted by Crippen LogP contribution is 2.23. The van der Waals surface area contributed by atoms with Gasteiger partial charge in [0, 0.05) is 5.56 Å². The van der Waals surface area contributed by atoms with Gasteiger partial charge in [-0.05, 0) is 0 Å². The number of aliphatic hydroxyl groups is 1. The van der Waals surface area contributed by atoms with Crippen molar-refractivity contribution in [2.24, 2.45) is 5.14 Å². The molecule has 1 aromatic carbocycles. The molecule has 0 fully saturated rings. The van der Waals surface area contributed by atoms with E-state index in [0.717, 1.165) is 0 Å². The van der Waals surface area contributed by atoms with Crippen molar-refractivity contribution in [2.75, 3.05) is 0 Å². The summed E-state index contributed by atoms with van der Waals surface area (Å²) in [6, 6.07) is 7.38. The standard InChI is InChI=1S/C8H9NO4S/c9-14(13)8(12,7(10)11)6-4-2-1-3-5-6/h1-5,12H,9H2,(H,10,11). The Kier molecular flexibility index (Phi) is 3.00. The fraction of sp³-hybridized carbons (Fsp3) is 0.125. The van der Waals surface area contributed by atoms with Crippen molar-refractivity contribution in [1.29, 1.82) is 0 Å². The molecule has 4 N–H and O–H groups in total. The van der Waals surface area contributed by atoms with E-state index in [1.165, 1.54) is 24.3 Å². The van der Waals surface area contributed by atoms with Gasteiger partial charge in [-0.3, -0.25) is 0 Å². The first-order chi connectivity index (χ1) is 6.49. The van der Waals surface area contributed by atoms with Crippen LogP contribution in [-0.2, 0) is 20.7 Å². The molecule has 0 saturated carbocycles. The highest BCUT2D eigenvalue weighted by Gasteiger charge is 2.43. The average molecular weight is 215 g/mol. The summed E-state index contributed by atoms with van der Waals surface area (Å²) in [5.41, 5.74) is -0.00617. The Morgan fingerprint density at radius 3 is 2.21 bits per heavy atom. The third kappa shape index (κ3) is 1.67. The highest BCUT2D eigenvalue weighted by atomic mass is 32.2. The molecule has 2 atom stereocenters. The van der Waals surface area contributed by atoms with Crippen molar-refractivity contribution in [3.63, 3.8) is 0 Å². The minimum Gasteiger partial charge on any atom is -0.478 e. The lowest BCUT2D eigenvalue weighted by molar-refractivity contribution is -0.150. The number of carbonyl (C=O) groups is 1. The van der Waals surface area contributed by atoms with Crippen LogP contribution in [0.15, 0.2) is 30.3 Å². The Balaban J connectivity index is 3.27. The van der Waals surface area contributed by atoms with Crippen LogP contribution in [-0.4, -0.2) is 20.4 Å². The third-order valence-corrected chi connectivity index (χ3v) is 2.74. The zero-order valence-corrected chi connectivity index (χ0v) is 7.90.